The van der Waals surface area contributed by atoms with Gasteiger partial charge in [-0.05, 0) is 44.0 Å². The van der Waals surface area contributed by atoms with Crippen molar-refractivity contribution in [2.45, 2.75) is 25.9 Å². The molecule has 0 amide bonds. The number of nitrogens with zero attached hydrogens (tertiary/aromatic N) is 2. The van der Waals surface area contributed by atoms with Crippen LogP contribution in [0.1, 0.15) is 41.1 Å². The number of aryl methyl sites for hydroxylation is 1. The van der Waals surface area contributed by atoms with Crippen LogP contribution in [-0.4, -0.2) is 27.7 Å². The molecule has 1 aromatic carbocycles. The number of ether oxygens (including phenoxy) is 1. The number of hydrogen-bond acceptors (Lipinski definition) is 6. The van der Waals surface area contributed by atoms with E-state index in [1.165, 1.54) is 6.33 Å². The van der Waals surface area contributed by atoms with Crippen molar-refractivity contribution in [2.75, 3.05) is 11.9 Å². The summed E-state index contributed by atoms with van der Waals surface area (Å²) in [6, 6.07) is 6.94. The average molecular weight is 299 g/mol. The van der Waals surface area contributed by atoms with Crippen LogP contribution >= 0.6 is 0 Å². The summed E-state index contributed by atoms with van der Waals surface area (Å²) in [6.07, 6.45) is 2.39. The van der Waals surface area contributed by atoms with Crippen molar-refractivity contribution in [1.82, 2.24) is 9.97 Å². The molecule has 3 rings (SSSR count). The van der Waals surface area contributed by atoms with Crippen LogP contribution in [-0.2, 0) is 11.2 Å². The molecule has 6 heteroatoms. The van der Waals surface area contributed by atoms with Gasteiger partial charge in [0.2, 0.25) is 0 Å². The first-order chi connectivity index (χ1) is 10.7. The zero-order valence-corrected chi connectivity index (χ0v) is 12.2. The van der Waals surface area contributed by atoms with Gasteiger partial charge in [-0.15, -0.1) is 0 Å². The van der Waals surface area contributed by atoms with Crippen LogP contribution in [0.5, 0.6) is 0 Å². The largest absolute Gasteiger partial charge is 0.462 e. The molecule has 1 unspecified atom stereocenters. The standard InChI is InChI=1S/C16H17N3O3/c1-2-22-16(21)10-3-5-11(6-4-10)19-15-14-12(17-9-18-15)7-8-13(14)20/h3-6,9,13,20H,2,7-8H2,1H3,(H,17,18,19). The highest BCUT2D eigenvalue weighted by Crippen LogP contribution is 2.34. The number of carbonyl (C=O) groups excluding carboxylic acids is 1. The van der Waals surface area contributed by atoms with Crippen molar-refractivity contribution < 1.29 is 14.6 Å². The highest BCUT2D eigenvalue weighted by Gasteiger charge is 2.25. The van der Waals surface area contributed by atoms with Gasteiger partial charge in [-0.2, -0.15) is 0 Å². The molecule has 1 heterocycles. The van der Waals surface area contributed by atoms with Crippen molar-refractivity contribution in [3.8, 4) is 0 Å². The first-order valence-corrected chi connectivity index (χ1v) is 7.25. The summed E-state index contributed by atoms with van der Waals surface area (Å²) >= 11 is 0. The Morgan fingerprint density at radius 3 is 2.86 bits per heavy atom. The molecule has 1 aromatic heterocycles. The van der Waals surface area contributed by atoms with E-state index in [0.29, 0.717) is 24.4 Å². The van der Waals surface area contributed by atoms with Crippen molar-refractivity contribution in [3.05, 3.63) is 47.4 Å². The Labute approximate surface area is 128 Å². The fourth-order valence-corrected chi connectivity index (χ4v) is 2.54. The highest BCUT2D eigenvalue weighted by atomic mass is 16.5. The third kappa shape index (κ3) is 2.78. The van der Waals surface area contributed by atoms with Crippen LogP contribution in [0.15, 0.2) is 30.6 Å². The Morgan fingerprint density at radius 1 is 1.36 bits per heavy atom. The molecule has 2 N–H and O–H groups in total. The number of aromatic nitrogens is 2. The molecule has 2 aromatic rings. The predicted molar refractivity (Wildman–Crippen MR) is 81.0 cm³/mol. The van der Waals surface area contributed by atoms with E-state index in [0.717, 1.165) is 23.4 Å². The summed E-state index contributed by atoms with van der Waals surface area (Å²) in [7, 11) is 0. The molecule has 0 spiro atoms. The zero-order valence-electron chi connectivity index (χ0n) is 12.2. The lowest BCUT2D eigenvalue weighted by molar-refractivity contribution is 0.0526. The monoisotopic (exact) mass is 299 g/mol. The van der Waals surface area contributed by atoms with Crippen LogP contribution in [0, 0.1) is 0 Å². The van der Waals surface area contributed by atoms with Gasteiger partial charge in [0.05, 0.1) is 24.0 Å². The SMILES string of the molecule is CCOC(=O)c1ccc(Nc2ncnc3c2C(O)CC3)cc1. The van der Waals surface area contributed by atoms with Crippen LogP contribution < -0.4 is 5.32 Å². The van der Waals surface area contributed by atoms with E-state index < -0.39 is 6.10 Å². The summed E-state index contributed by atoms with van der Waals surface area (Å²) < 4.78 is 4.95. The third-order valence-corrected chi connectivity index (χ3v) is 3.61. The van der Waals surface area contributed by atoms with Gasteiger partial charge in [0.15, 0.2) is 0 Å². The topological polar surface area (TPSA) is 84.3 Å². The average Bonchev–Trinajstić information content (AvgIpc) is 2.91. The number of rotatable bonds is 4. The molecule has 6 nitrogen and oxygen atoms in total. The number of hydrogen-bond donors (Lipinski definition) is 2. The normalized spacial score (nSPS) is 16.2. The zero-order chi connectivity index (χ0) is 15.5. The Balaban J connectivity index is 1.80. The Bertz CT molecular complexity index is 686. The van der Waals surface area contributed by atoms with Crippen molar-refractivity contribution in [2.24, 2.45) is 0 Å². The number of esters is 1. The molecular formula is C16H17N3O3. The predicted octanol–water partition coefficient (Wildman–Crippen LogP) is 2.38. The van der Waals surface area contributed by atoms with E-state index in [4.69, 9.17) is 4.74 Å². The molecule has 0 saturated carbocycles. The Kier molecular flexibility index (Phi) is 4.02. The van der Waals surface area contributed by atoms with E-state index in [1.807, 2.05) is 0 Å². The summed E-state index contributed by atoms with van der Waals surface area (Å²) in [4.78, 5) is 20.0. The van der Waals surface area contributed by atoms with Crippen LogP contribution in [0.25, 0.3) is 0 Å². The lowest BCUT2D eigenvalue weighted by Crippen LogP contribution is -2.05. The number of aliphatic hydroxyl groups is 1. The fraction of sp³-hybridized carbons (Fsp3) is 0.312. The van der Waals surface area contributed by atoms with E-state index in [1.54, 1.807) is 31.2 Å². The molecule has 1 aliphatic carbocycles. The van der Waals surface area contributed by atoms with E-state index in [2.05, 4.69) is 15.3 Å². The van der Waals surface area contributed by atoms with Gasteiger partial charge in [-0.25, -0.2) is 14.8 Å². The molecule has 1 aliphatic rings. The number of nitrogens with one attached hydrogen (secondary N) is 1. The molecule has 0 fully saturated rings. The molecule has 22 heavy (non-hydrogen) atoms. The number of benzene rings is 1. The number of anilines is 2. The number of aliphatic hydroxyl groups excluding tert-OH is 1. The van der Waals surface area contributed by atoms with Gasteiger partial charge < -0.3 is 15.2 Å². The first kappa shape index (κ1) is 14.5. The summed E-state index contributed by atoms with van der Waals surface area (Å²) in [5, 5.41) is 13.2. The summed E-state index contributed by atoms with van der Waals surface area (Å²) in [5.41, 5.74) is 2.93. The Morgan fingerprint density at radius 2 is 2.14 bits per heavy atom. The fourth-order valence-electron chi connectivity index (χ4n) is 2.54. The van der Waals surface area contributed by atoms with Crippen LogP contribution in [0.4, 0.5) is 11.5 Å². The molecule has 1 atom stereocenters. The highest BCUT2D eigenvalue weighted by molar-refractivity contribution is 5.89. The third-order valence-electron chi connectivity index (χ3n) is 3.61. The van der Waals surface area contributed by atoms with Crippen molar-refractivity contribution in [1.29, 1.82) is 0 Å². The van der Waals surface area contributed by atoms with E-state index in [-0.39, 0.29) is 5.97 Å². The van der Waals surface area contributed by atoms with Gasteiger partial charge in [-0.1, -0.05) is 0 Å². The van der Waals surface area contributed by atoms with Crippen molar-refractivity contribution >= 4 is 17.5 Å². The second kappa shape index (κ2) is 6.11. The van der Waals surface area contributed by atoms with Crippen LogP contribution in [0.3, 0.4) is 0 Å². The van der Waals surface area contributed by atoms with Gasteiger partial charge in [0.25, 0.3) is 0 Å². The summed E-state index contributed by atoms with van der Waals surface area (Å²) in [6.45, 7) is 2.12. The van der Waals surface area contributed by atoms with E-state index in [9.17, 15) is 9.90 Å². The molecule has 0 radical (unpaired) electrons. The molecule has 114 valence electrons. The van der Waals surface area contributed by atoms with Crippen LogP contribution in [0.2, 0.25) is 0 Å². The lowest BCUT2D eigenvalue weighted by Gasteiger charge is -2.12. The van der Waals surface area contributed by atoms with Gasteiger partial charge in [0, 0.05) is 11.3 Å². The number of fused-ring (bicyclic) bond motifs is 1. The first-order valence-electron chi connectivity index (χ1n) is 7.25. The van der Waals surface area contributed by atoms with Gasteiger partial charge >= 0.3 is 5.97 Å². The molecular weight excluding hydrogens is 282 g/mol. The molecule has 0 bridgehead atoms. The quantitative estimate of drug-likeness (QED) is 0.843. The molecule has 0 aliphatic heterocycles. The maximum absolute atomic E-state index is 11.6. The van der Waals surface area contributed by atoms with Gasteiger partial charge in [0.1, 0.15) is 12.1 Å². The second-order valence-electron chi connectivity index (χ2n) is 5.06. The second-order valence-corrected chi connectivity index (χ2v) is 5.06. The van der Waals surface area contributed by atoms with Crippen molar-refractivity contribution in [3.63, 3.8) is 0 Å². The maximum atomic E-state index is 11.6. The molecule has 0 saturated heterocycles. The smallest absolute Gasteiger partial charge is 0.338 e. The van der Waals surface area contributed by atoms with Gasteiger partial charge in [-0.3, -0.25) is 0 Å². The lowest BCUT2D eigenvalue weighted by atomic mass is 10.2. The number of carbonyl (C=O) groups is 1. The maximum Gasteiger partial charge on any atom is 0.338 e. The Hall–Kier alpha value is -2.47. The minimum absolute atomic E-state index is 0.340. The minimum atomic E-state index is -0.530. The minimum Gasteiger partial charge on any atom is -0.462 e. The summed E-state index contributed by atoms with van der Waals surface area (Å²) in [5.74, 6) is 0.270. The van der Waals surface area contributed by atoms with E-state index >= 15 is 0 Å².